The molecule has 0 saturated heterocycles. The van der Waals surface area contributed by atoms with E-state index in [0.717, 1.165) is 25.7 Å². The van der Waals surface area contributed by atoms with Gasteiger partial charge in [0.2, 0.25) is 5.91 Å². The Hall–Kier alpha value is -3.10. The number of carbonyl (C=O) groups excluding carboxylic acids is 1. The van der Waals surface area contributed by atoms with Gasteiger partial charge in [-0.15, -0.1) is 5.10 Å². The Bertz CT molecular complexity index is 1040. The lowest BCUT2D eigenvalue weighted by molar-refractivity contribution is -0.122. The van der Waals surface area contributed by atoms with Gasteiger partial charge < -0.3 is 5.32 Å². The number of benzene rings is 1. The average molecular weight is 370 g/mol. The van der Waals surface area contributed by atoms with Crippen LogP contribution in [0.15, 0.2) is 35.4 Å². The van der Waals surface area contributed by atoms with Gasteiger partial charge in [-0.05, 0) is 18.9 Å². The smallest absolute Gasteiger partial charge is 0.283 e. The predicted molar refractivity (Wildman–Crippen MR) is 95.5 cm³/mol. The van der Waals surface area contributed by atoms with Crippen molar-refractivity contribution in [1.29, 1.82) is 0 Å². The number of nitrogens with zero attached hydrogens (tertiary/aromatic N) is 5. The molecule has 0 spiro atoms. The summed E-state index contributed by atoms with van der Waals surface area (Å²) in [5.41, 5.74) is 0.297. The van der Waals surface area contributed by atoms with Crippen LogP contribution in [0.4, 0.5) is 4.39 Å². The Morgan fingerprint density at radius 2 is 2.04 bits per heavy atom. The summed E-state index contributed by atoms with van der Waals surface area (Å²) in [6, 6.07) is 6.51. The van der Waals surface area contributed by atoms with Crippen molar-refractivity contribution in [2.75, 3.05) is 0 Å². The lowest BCUT2D eigenvalue weighted by atomic mass is 10.2. The number of hydrogen-bond acceptors (Lipinski definition) is 5. The lowest BCUT2D eigenvalue weighted by Crippen LogP contribution is -2.37. The highest BCUT2D eigenvalue weighted by molar-refractivity contribution is 5.76. The van der Waals surface area contributed by atoms with E-state index in [1.165, 1.54) is 21.6 Å². The molecule has 0 unspecified atom stereocenters. The molecule has 1 N–H and O–H groups in total. The molecule has 140 valence electrons. The van der Waals surface area contributed by atoms with E-state index < -0.39 is 5.56 Å². The number of halogens is 1. The van der Waals surface area contributed by atoms with Crippen LogP contribution < -0.4 is 10.9 Å². The lowest BCUT2D eigenvalue weighted by Gasteiger charge is -2.12. The Balaban J connectivity index is 1.55. The monoisotopic (exact) mass is 370 g/mol. The fourth-order valence-electron chi connectivity index (χ4n) is 3.39. The fourth-order valence-corrected chi connectivity index (χ4v) is 3.39. The summed E-state index contributed by atoms with van der Waals surface area (Å²) in [5.74, 6) is -0.582. The van der Waals surface area contributed by atoms with E-state index in [4.69, 9.17) is 0 Å². The van der Waals surface area contributed by atoms with Gasteiger partial charge in [-0.3, -0.25) is 14.2 Å². The first-order valence-corrected chi connectivity index (χ1v) is 8.93. The summed E-state index contributed by atoms with van der Waals surface area (Å²) < 4.78 is 16.4. The Labute approximate surface area is 154 Å². The van der Waals surface area contributed by atoms with Crippen LogP contribution in [0.1, 0.15) is 31.2 Å². The maximum absolute atomic E-state index is 13.8. The summed E-state index contributed by atoms with van der Waals surface area (Å²) in [7, 11) is 0. The topological polar surface area (TPSA) is 94.7 Å². The van der Waals surface area contributed by atoms with Gasteiger partial charge >= 0.3 is 0 Å². The van der Waals surface area contributed by atoms with Crippen molar-refractivity contribution < 1.29 is 9.18 Å². The molecule has 0 radical (unpaired) electrons. The molecule has 2 heterocycles. The van der Waals surface area contributed by atoms with Gasteiger partial charge in [0, 0.05) is 11.6 Å². The number of nitrogens with one attached hydrogen (secondary N) is 1. The van der Waals surface area contributed by atoms with Gasteiger partial charge in [-0.1, -0.05) is 36.3 Å². The van der Waals surface area contributed by atoms with E-state index in [9.17, 15) is 14.0 Å². The van der Waals surface area contributed by atoms with Gasteiger partial charge in [0.15, 0.2) is 11.2 Å². The van der Waals surface area contributed by atoms with Crippen molar-refractivity contribution in [2.45, 2.75) is 44.8 Å². The Kier molecular flexibility index (Phi) is 4.66. The molecule has 3 aromatic rings. The first-order chi connectivity index (χ1) is 13.1. The standard InChI is InChI=1S/C18H19FN6O2/c19-14-8-4-1-5-12(14)9-25-17-16(22-23-25)18(27)24(11-20-17)10-15(26)21-13-6-2-3-7-13/h1,4-5,8,11,13H,2-3,6-7,9-10H2,(H,21,26). The summed E-state index contributed by atoms with van der Waals surface area (Å²) in [6.45, 7) is 0.000238. The van der Waals surface area contributed by atoms with Crippen molar-refractivity contribution in [3.05, 3.63) is 52.3 Å². The van der Waals surface area contributed by atoms with Gasteiger partial charge in [0.25, 0.3) is 5.56 Å². The van der Waals surface area contributed by atoms with E-state index in [1.807, 2.05) is 0 Å². The first kappa shape index (κ1) is 17.3. The molecule has 9 heteroatoms. The molecule has 2 aromatic heterocycles. The molecule has 0 bridgehead atoms. The van der Waals surface area contributed by atoms with E-state index in [2.05, 4.69) is 20.6 Å². The highest BCUT2D eigenvalue weighted by Gasteiger charge is 2.19. The summed E-state index contributed by atoms with van der Waals surface area (Å²) in [4.78, 5) is 29.0. The SMILES string of the molecule is O=C(Cn1cnc2c(nnn2Cc2ccccc2F)c1=O)NC1CCCC1. The first-order valence-electron chi connectivity index (χ1n) is 8.93. The molecular formula is C18H19FN6O2. The van der Waals surface area contributed by atoms with Crippen LogP contribution in [0.2, 0.25) is 0 Å². The molecule has 4 rings (SSSR count). The second-order valence-corrected chi connectivity index (χ2v) is 6.74. The molecule has 1 aliphatic rings. The largest absolute Gasteiger partial charge is 0.352 e. The Morgan fingerprint density at radius 3 is 2.81 bits per heavy atom. The molecule has 27 heavy (non-hydrogen) atoms. The molecule has 1 amide bonds. The van der Waals surface area contributed by atoms with Gasteiger partial charge in [-0.25, -0.2) is 14.1 Å². The predicted octanol–water partition coefficient (Wildman–Crippen LogP) is 1.23. The summed E-state index contributed by atoms with van der Waals surface area (Å²) >= 11 is 0. The third-order valence-electron chi connectivity index (χ3n) is 4.80. The van der Waals surface area contributed by atoms with Crippen LogP contribution in [0.5, 0.6) is 0 Å². The van der Waals surface area contributed by atoms with Gasteiger partial charge in [0.05, 0.1) is 6.54 Å². The number of amides is 1. The quantitative estimate of drug-likeness (QED) is 0.729. The van der Waals surface area contributed by atoms with Crippen LogP contribution >= 0.6 is 0 Å². The van der Waals surface area contributed by atoms with Gasteiger partial charge in [0.1, 0.15) is 18.7 Å². The molecule has 8 nitrogen and oxygen atoms in total. The number of hydrogen-bond donors (Lipinski definition) is 1. The second kappa shape index (κ2) is 7.26. The van der Waals surface area contributed by atoms with Crippen molar-refractivity contribution in [1.82, 2.24) is 29.9 Å². The highest BCUT2D eigenvalue weighted by atomic mass is 19.1. The molecular weight excluding hydrogens is 351 g/mol. The van der Waals surface area contributed by atoms with Crippen molar-refractivity contribution in [3.63, 3.8) is 0 Å². The molecule has 1 fully saturated rings. The van der Waals surface area contributed by atoms with Crippen LogP contribution in [0.3, 0.4) is 0 Å². The van der Waals surface area contributed by atoms with Crippen LogP contribution in [0.25, 0.3) is 11.2 Å². The van der Waals surface area contributed by atoms with E-state index in [0.29, 0.717) is 5.56 Å². The Morgan fingerprint density at radius 1 is 1.26 bits per heavy atom. The highest BCUT2D eigenvalue weighted by Crippen LogP contribution is 2.17. The summed E-state index contributed by atoms with van der Waals surface area (Å²) in [5, 5.41) is 10.7. The zero-order valence-electron chi connectivity index (χ0n) is 14.6. The zero-order valence-corrected chi connectivity index (χ0v) is 14.6. The second-order valence-electron chi connectivity index (χ2n) is 6.74. The van der Waals surface area contributed by atoms with Gasteiger partial charge in [-0.2, -0.15) is 0 Å². The number of aromatic nitrogens is 5. The van der Waals surface area contributed by atoms with Crippen molar-refractivity contribution in [3.8, 4) is 0 Å². The van der Waals surface area contributed by atoms with Crippen molar-refractivity contribution in [2.24, 2.45) is 0 Å². The molecule has 1 aliphatic carbocycles. The minimum absolute atomic E-state index is 0.0579. The third-order valence-corrected chi connectivity index (χ3v) is 4.80. The maximum Gasteiger partial charge on any atom is 0.283 e. The minimum atomic E-state index is -0.443. The minimum Gasteiger partial charge on any atom is -0.352 e. The maximum atomic E-state index is 13.8. The molecule has 1 aromatic carbocycles. The zero-order chi connectivity index (χ0) is 18.8. The van der Waals surface area contributed by atoms with E-state index in [1.54, 1.807) is 18.2 Å². The van der Waals surface area contributed by atoms with Crippen LogP contribution in [-0.4, -0.2) is 36.5 Å². The van der Waals surface area contributed by atoms with Crippen LogP contribution in [0, 0.1) is 5.82 Å². The third kappa shape index (κ3) is 3.57. The number of carbonyl (C=O) groups is 1. The molecule has 0 aliphatic heterocycles. The van der Waals surface area contributed by atoms with Crippen LogP contribution in [-0.2, 0) is 17.9 Å². The summed E-state index contributed by atoms with van der Waals surface area (Å²) in [6.07, 6.45) is 5.48. The van der Waals surface area contributed by atoms with E-state index >= 15 is 0 Å². The fraction of sp³-hybridized carbons (Fsp3) is 0.389. The molecule has 0 atom stereocenters. The van der Waals surface area contributed by atoms with E-state index in [-0.39, 0.29) is 42.0 Å². The number of rotatable bonds is 5. The normalized spacial score (nSPS) is 14.7. The van der Waals surface area contributed by atoms with Crippen molar-refractivity contribution >= 4 is 17.1 Å². The number of fused-ring (bicyclic) bond motifs is 1. The molecule has 1 saturated carbocycles. The average Bonchev–Trinajstić information content (AvgIpc) is 3.30.